The quantitative estimate of drug-likeness (QED) is 0.0881. The van der Waals surface area contributed by atoms with E-state index in [1.807, 2.05) is 0 Å². The zero-order valence-electron chi connectivity index (χ0n) is 24.7. The Labute approximate surface area is 240 Å². The van der Waals surface area contributed by atoms with Crippen LogP contribution < -0.4 is 5.32 Å². The highest BCUT2D eigenvalue weighted by molar-refractivity contribution is 5.85. The fourth-order valence-corrected chi connectivity index (χ4v) is 4.51. The predicted octanol–water partition coefficient (Wildman–Crippen LogP) is 5.62. The van der Waals surface area contributed by atoms with Gasteiger partial charge in [0.2, 0.25) is 11.8 Å². The number of nitrogens with one attached hydrogen (secondary N) is 1. The van der Waals surface area contributed by atoms with E-state index in [-0.39, 0.29) is 37.7 Å². The number of carboxylic acid groups (broad SMARTS) is 3. The number of carbonyl (C=O) groups excluding carboxylic acids is 2. The summed E-state index contributed by atoms with van der Waals surface area (Å²) in [5.41, 5.74) is 0. The summed E-state index contributed by atoms with van der Waals surface area (Å²) >= 11 is 0. The highest BCUT2D eigenvalue weighted by atomic mass is 16.4. The Balaban J connectivity index is 3.90. The molecule has 2 amide bonds. The van der Waals surface area contributed by atoms with Crippen LogP contribution in [0.15, 0.2) is 0 Å². The van der Waals surface area contributed by atoms with Crippen LogP contribution in [-0.2, 0) is 24.0 Å². The minimum absolute atomic E-state index is 0.00242. The first-order valence-corrected chi connectivity index (χ1v) is 15.3. The number of nitrogens with zero attached hydrogens (tertiary/aromatic N) is 1. The van der Waals surface area contributed by atoms with Gasteiger partial charge in [-0.1, -0.05) is 90.4 Å². The SMILES string of the molecule is C[C@@H](CCCCNC(=O)CN(CCC(=O)O)C(=O)CCCCCCCCCCCCCCCCC(=O)O)C(=O)O. The van der Waals surface area contributed by atoms with Crippen molar-refractivity contribution in [2.24, 2.45) is 5.92 Å². The van der Waals surface area contributed by atoms with Gasteiger partial charge in [-0.05, 0) is 25.7 Å². The Morgan fingerprint density at radius 3 is 1.50 bits per heavy atom. The maximum absolute atomic E-state index is 12.6. The molecular weight excluding hydrogens is 516 g/mol. The van der Waals surface area contributed by atoms with Gasteiger partial charge in [-0.25, -0.2) is 0 Å². The van der Waals surface area contributed by atoms with Gasteiger partial charge in [0.25, 0.3) is 0 Å². The number of hydrogen-bond acceptors (Lipinski definition) is 5. The van der Waals surface area contributed by atoms with Crippen molar-refractivity contribution in [1.29, 1.82) is 0 Å². The van der Waals surface area contributed by atoms with Crippen LogP contribution in [-0.4, -0.2) is 69.6 Å². The molecule has 0 spiro atoms. The van der Waals surface area contributed by atoms with Crippen LogP contribution in [0.25, 0.3) is 0 Å². The molecule has 10 heteroatoms. The van der Waals surface area contributed by atoms with Crippen LogP contribution >= 0.6 is 0 Å². The van der Waals surface area contributed by atoms with Crippen LogP contribution in [0.5, 0.6) is 0 Å². The molecule has 0 saturated carbocycles. The van der Waals surface area contributed by atoms with Crippen LogP contribution in [0.1, 0.15) is 135 Å². The Bertz CT molecular complexity index is 728. The first kappa shape index (κ1) is 37.4. The lowest BCUT2D eigenvalue weighted by molar-refractivity contribution is -0.141. The molecule has 0 aliphatic carbocycles. The van der Waals surface area contributed by atoms with Crippen molar-refractivity contribution in [3.8, 4) is 0 Å². The van der Waals surface area contributed by atoms with Gasteiger partial charge < -0.3 is 25.5 Å². The molecule has 0 aromatic carbocycles. The third-order valence-electron chi connectivity index (χ3n) is 7.12. The average molecular weight is 571 g/mol. The lowest BCUT2D eigenvalue weighted by atomic mass is 10.0. The number of amides is 2. The van der Waals surface area contributed by atoms with Gasteiger partial charge in [0.15, 0.2) is 0 Å². The van der Waals surface area contributed by atoms with Crippen molar-refractivity contribution in [3.63, 3.8) is 0 Å². The van der Waals surface area contributed by atoms with Crippen LogP contribution in [0.3, 0.4) is 0 Å². The zero-order valence-corrected chi connectivity index (χ0v) is 24.7. The standard InChI is InChI=1S/C30H54N2O8/c1-25(30(39)40)18-16-17-22-31-26(33)24-32(23-21-29(37)38)27(34)19-14-12-10-8-6-4-2-3-5-7-9-11-13-15-20-28(35)36/h25H,2-24H2,1H3,(H,31,33)(H,35,36)(H,37,38)(H,39,40)/t25-/m0/s1. The number of unbranched alkanes of at least 4 members (excludes halogenated alkanes) is 14. The second-order valence-electron chi connectivity index (χ2n) is 10.9. The van der Waals surface area contributed by atoms with Crippen molar-refractivity contribution < 1.29 is 39.3 Å². The molecule has 232 valence electrons. The largest absolute Gasteiger partial charge is 0.481 e. The summed E-state index contributed by atoms with van der Waals surface area (Å²) in [7, 11) is 0. The third-order valence-corrected chi connectivity index (χ3v) is 7.12. The molecule has 0 rings (SSSR count). The number of rotatable bonds is 28. The molecular formula is C30H54N2O8. The second kappa shape index (κ2) is 25.3. The molecule has 0 fully saturated rings. The van der Waals surface area contributed by atoms with E-state index in [4.69, 9.17) is 15.3 Å². The van der Waals surface area contributed by atoms with E-state index in [0.717, 1.165) is 44.9 Å². The molecule has 0 heterocycles. The van der Waals surface area contributed by atoms with Crippen LogP contribution in [0.4, 0.5) is 0 Å². The Morgan fingerprint density at radius 1 is 0.600 bits per heavy atom. The Morgan fingerprint density at radius 2 is 1.05 bits per heavy atom. The van der Waals surface area contributed by atoms with Crippen molar-refractivity contribution in [3.05, 3.63) is 0 Å². The summed E-state index contributed by atoms with van der Waals surface area (Å²) in [6.45, 7) is 1.88. The van der Waals surface area contributed by atoms with Gasteiger partial charge in [-0.2, -0.15) is 0 Å². The molecule has 0 aromatic rings. The average Bonchev–Trinajstić information content (AvgIpc) is 2.89. The summed E-state index contributed by atoms with van der Waals surface area (Å²) in [6, 6.07) is 0. The lowest BCUT2D eigenvalue weighted by Gasteiger charge is -2.21. The molecule has 0 bridgehead atoms. The second-order valence-corrected chi connectivity index (χ2v) is 10.9. The minimum atomic E-state index is -1.02. The maximum Gasteiger partial charge on any atom is 0.306 e. The topological polar surface area (TPSA) is 161 Å². The lowest BCUT2D eigenvalue weighted by Crippen LogP contribution is -2.41. The number of aliphatic carboxylic acids is 3. The molecule has 40 heavy (non-hydrogen) atoms. The van der Waals surface area contributed by atoms with Crippen molar-refractivity contribution >= 4 is 29.7 Å². The van der Waals surface area contributed by atoms with E-state index >= 15 is 0 Å². The molecule has 0 aliphatic rings. The Kier molecular flexibility index (Phi) is 23.6. The summed E-state index contributed by atoms with van der Waals surface area (Å²) in [4.78, 5) is 58.5. The normalized spacial score (nSPS) is 11.6. The molecule has 0 radical (unpaired) electrons. The molecule has 4 N–H and O–H groups in total. The van der Waals surface area contributed by atoms with Gasteiger partial charge >= 0.3 is 17.9 Å². The maximum atomic E-state index is 12.6. The smallest absolute Gasteiger partial charge is 0.306 e. The molecule has 1 atom stereocenters. The van der Waals surface area contributed by atoms with Gasteiger partial charge in [-0.15, -0.1) is 0 Å². The van der Waals surface area contributed by atoms with Crippen molar-refractivity contribution in [1.82, 2.24) is 10.2 Å². The van der Waals surface area contributed by atoms with E-state index in [2.05, 4.69) is 5.32 Å². The number of hydrogen-bond donors (Lipinski definition) is 4. The fourth-order valence-electron chi connectivity index (χ4n) is 4.51. The van der Waals surface area contributed by atoms with E-state index in [1.165, 1.54) is 49.8 Å². The summed E-state index contributed by atoms with van der Waals surface area (Å²) < 4.78 is 0. The summed E-state index contributed by atoms with van der Waals surface area (Å²) in [6.07, 6.45) is 17.5. The predicted molar refractivity (Wildman–Crippen MR) is 154 cm³/mol. The molecule has 0 unspecified atom stereocenters. The molecule has 0 aromatic heterocycles. The Hall–Kier alpha value is -2.65. The van der Waals surface area contributed by atoms with E-state index < -0.39 is 23.8 Å². The monoisotopic (exact) mass is 570 g/mol. The zero-order chi connectivity index (χ0) is 30.0. The first-order valence-electron chi connectivity index (χ1n) is 15.3. The third kappa shape index (κ3) is 24.4. The van der Waals surface area contributed by atoms with Crippen molar-refractivity contribution in [2.45, 2.75) is 135 Å². The highest BCUT2D eigenvalue weighted by Crippen LogP contribution is 2.14. The number of carboxylic acids is 3. The summed E-state index contributed by atoms with van der Waals surface area (Å²) in [5, 5.41) is 29.3. The van der Waals surface area contributed by atoms with Crippen molar-refractivity contribution in [2.75, 3.05) is 19.6 Å². The van der Waals surface area contributed by atoms with Crippen LogP contribution in [0.2, 0.25) is 0 Å². The molecule has 0 aliphatic heterocycles. The van der Waals surface area contributed by atoms with Gasteiger partial charge in [0.05, 0.1) is 18.9 Å². The number of carbonyl (C=O) groups is 5. The minimum Gasteiger partial charge on any atom is -0.481 e. The first-order chi connectivity index (χ1) is 19.1. The van der Waals surface area contributed by atoms with E-state index in [9.17, 15) is 24.0 Å². The van der Waals surface area contributed by atoms with Gasteiger partial charge in [-0.3, -0.25) is 24.0 Å². The fraction of sp³-hybridized carbons (Fsp3) is 0.833. The van der Waals surface area contributed by atoms with Gasteiger partial charge in [0.1, 0.15) is 0 Å². The van der Waals surface area contributed by atoms with E-state index in [1.54, 1.807) is 6.92 Å². The van der Waals surface area contributed by atoms with E-state index in [0.29, 0.717) is 32.2 Å². The summed E-state index contributed by atoms with van der Waals surface area (Å²) in [5.74, 6) is -3.51. The molecule has 0 saturated heterocycles. The molecule has 10 nitrogen and oxygen atoms in total. The highest BCUT2D eigenvalue weighted by Gasteiger charge is 2.18. The van der Waals surface area contributed by atoms with Gasteiger partial charge in [0, 0.05) is 25.9 Å². The van der Waals surface area contributed by atoms with Crippen LogP contribution in [0, 0.1) is 5.92 Å².